The lowest BCUT2D eigenvalue weighted by atomic mass is 10.1. The number of carbonyl (C=O) groups is 2. The van der Waals surface area contributed by atoms with Gasteiger partial charge in [0.2, 0.25) is 0 Å². The number of halogens is 12. The van der Waals surface area contributed by atoms with Crippen LogP contribution in [0.25, 0.3) is 0 Å². The summed E-state index contributed by atoms with van der Waals surface area (Å²) in [5.41, 5.74) is 0. The summed E-state index contributed by atoms with van der Waals surface area (Å²) in [6.45, 7) is 0. The molecule has 0 aliphatic heterocycles. The van der Waals surface area contributed by atoms with Crippen LogP contribution in [0.5, 0.6) is 0 Å². The molecule has 0 aliphatic carbocycles. The molecule has 0 bridgehead atoms. The molecule has 0 unspecified atom stereocenters. The van der Waals surface area contributed by atoms with E-state index in [2.05, 4.69) is 0 Å². The average Bonchev–Trinajstić information content (AvgIpc) is 2.32. The van der Waals surface area contributed by atoms with Gasteiger partial charge in [-0.15, -0.1) is 0 Å². The molecule has 0 saturated carbocycles. The first-order valence-electron chi connectivity index (χ1n) is 4.58. The summed E-state index contributed by atoms with van der Waals surface area (Å²) < 4.78 is 148. The van der Waals surface area contributed by atoms with E-state index in [1.165, 1.54) is 0 Å². The van der Waals surface area contributed by atoms with Gasteiger partial charge in [0, 0.05) is 0 Å². The quantitative estimate of drug-likeness (QED) is 0.529. The van der Waals surface area contributed by atoms with E-state index in [4.69, 9.17) is 0 Å². The Bertz CT molecular complexity index is 527. The van der Waals surface area contributed by atoms with Gasteiger partial charge in [0.25, 0.3) is 11.6 Å². The number of ketones is 2. The van der Waals surface area contributed by atoms with Crippen LogP contribution in [0.4, 0.5) is 52.7 Å². The van der Waals surface area contributed by atoms with Crippen molar-refractivity contribution in [3.8, 4) is 0 Å². The van der Waals surface area contributed by atoms with Gasteiger partial charge in [-0.2, -0.15) is 52.7 Å². The molecule has 134 valence electrons. The molecule has 0 fully saturated rings. The van der Waals surface area contributed by atoms with Gasteiger partial charge in [-0.05, 0) is 0 Å². The molecular weight excluding hydrogens is 372 g/mol. The molecule has 0 heterocycles. The minimum Gasteiger partial charge on any atom is -0.283 e. The van der Waals surface area contributed by atoms with Crippen LogP contribution in [0, 0.1) is 0 Å². The van der Waals surface area contributed by atoms with Crippen LogP contribution in [0.2, 0.25) is 0 Å². The van der Waals surface area contributed by atoms with E-state index in [9.17, 15) is 62.3 Å². The highest BCUT2D eigenvalue weighted by Gasteiger charge is 2.71. The number of alkyl halides is 9. The zero-order valence-electron chi connectivity index (χ0n) is 9.76. The standard InChI is InChI=1S/C8F12O3/c9-1(4(10)11)7(17,18)23-8(19,20)5(12,13)2(21)3(22)6(14,15)16. The predicted octanol–water partition coefficient (Wildman–Crippen LogP) is 3.60. The molecule has 0 N–H and O–H groups in total. The van der Waals surface area contributed by atoms with E-state index in [0.29, 0.717) is 0 Å². The summed E-state index contributed by atoms with van der Waals surface area (Å²) in [5.74, 6) is -19.2. The van der Waals surface area contributed by atoms with Crippen LogP contribution in [-0.4, -0.2) is 35.9 Å². The van der Waals surface area contributed by atoms with Crippen LogP contribution in [0.1, 0.15) is 0 Å². The molecule has 0 radical (unpaired) electrons. The molecule has 0 amide bonds. The van der Waals surface area contributed by atoms with Crippen LogP contribution in [0.15, 0.2) is 11.9 Å². The summed E-state index contributed by atoms with van der Waals surface area (Å²) in [6, 6.07) is 0. The molecule has 0 spiro atoms. The summed E-state index contributed by atoms with van der Waals surface area (Å²) >= 11 is 0. The monoisotopic (exact) mass is 372 g/mol. The highest BCUT2D eigenvalue weighted by atomic mass is 19.4. The van der Waals surface area contributed by atoms with Crippen molar-refractivity contribution in [3.63, 3.8) is 0 Å². The Hall–Kier alpha value is -1.80. The summed E-state index contributed by atoms with van der Waals surface area (Å²) in [7, 11) is 0. The SMILES string of the molecule is O=C(C(=O)C(F)(F)C(F)(F)OC(F)(F)C(F)=C(F)F)C(F)(F)F. The molecule has 0 aromatic rings. The number of ether oxygens (including phenoxy) is 1. The Morgan fingerprint density at radius 1 is 0.696 bits per heavy atom. The van der Waals surface area contributed by atoms with Crippen molar-refractivity contribution in [2.45, 2.75) is 24.3 Å². The largest absolute Gasteiger partial charge is 0.458 e. The van der Waals surface area contributed by atoms with Crippen molar-refractivity contribution < 1.29 is 67.0 Å². The van der Waals surface area contributed by atoms with Gasteiger partial charge in [-0.25, -0.2) is 4.74 Å². The average molecular weight is 372 g/mol. The third-order valence-electron chi connectivity index (χ3n) is 1.79. The second-order valence-electron chi connectivity index (χ2n) is 3.44. The van der Waals surface area contributed by atoms with Gasteiger partial charge in [0.1, 0.15) is 0 Å². The van der Waals surface area contributed by atoms with E-state index in [1.54, 1.807) is 4.74 Å². The van der Waals surface area contributed by atoms with E-state index < -0.39 is 47.8 Å². The number of rotatable bonds is 6. The van der Waals surface area contributed by atoms with E-state index >= 15 is 0 Å². The molecule has 0 saturated heterocycles. The van der Waals surface area contributed by atoms with Crippen molar-refractivity contribution in [2.24, 2.45) is 0 Å². The lowest BCUT2D eigenvalue weighted by Gasteiger charge is -2.27. The molecule has 0 rings (SSSR count). The number of hydrogen-bond donors (Lipinski definition) is 0. The smallest absolute Gasteiger partial charge is 0.283 e. The number of Topliss-reactive ketones (excluding diaryl/α,β-unsaturated/α-hetero) is 2. The van der Waals surface area contributed by atoms with Gasteiger partial charge in [0.15, 0.2) is 0 Å². The molecule has 0 aliphatic rings. The Morgan fingerprint density at radius 3 is 1.39 bits per heavy atom. The lowest BCUT2D eigenvalue weighted by molar-refractivity contribution is -0.412. The fourth-order valence-electron chi connectivity index (χ4n) is 0.783. The summed E-state index contributed by atoms with van der Waals surface area (Å²) in [4.78, 5) is 20.5. The van der Waals surface area contributed by atoms with Crippen molar-refractivity contribution in [3.05, 3.63) is 11.9 Å². The lowest BCUT2D eigenvalue weighted by Crippen LogP contribution is -2.56. The van der Waals surface area contributed by atoms with Crippen molar-refractivity contribution in [1.82, 2.24) is 0 Å². The highest BCUT2D eigenvalue weighted by molar-refractivity contribution is 6.42. The van der Waals surface area contributed by atoms with Gasteiger partial charge in [-0.1, -0.05) is 0 Å². The minimum absolute atomic E-state index is 1.73. The maximum Gasteiger partial charge on any atom is 0.458 e. The summed E-state index contributed by atoms with van der Waals surface area (Å²) in [6.07, 6.45) is -23.7. The topological polar surface area (TPSA) is 43.4 Å². The first-order valence-corrected chi connectivity index (χ1v) is 4.58. The van der Waals surface area contributed by atoms with Crippen LogP contribution in [0.3, 0.4) is 0 Å². The van der Waals surface area contributed by atoms with Crippen LogP contribution >= 0.6 is 0 Å². The third kappa shape index (κ3) is 4.35. The van der Waals surface area contributed by atoms with Gasteiger partial charge < -0.3 is 0 Å². The molecule has 15 heteroatoms. The first kappa shape index (κ1) is 21.2. The number of hydrogen-bond acceptors (Lipinski definition) is 3. The zero-order chi connectivity index (χ0) is 19.0. The maximum absolute atomic E-state index is 12.8. The highest BCUT2D eigenvalue weighted by Crippen LogP contribution is 2.44. The molecule has 23 heavy (non-hydrogen) atoms. The number of carbonyl (C=O) groups excluding carboxylic acids is 2. The molecular formula is C8F12O3. The second kappa shape index (κ2) is 6.01. The van der Waals surface area contributed by atoms with Crippen molar-refractivity contribution in [2.75, 3.05) is 0 Å². The maximum atomic E-state index is 12.8. The fourth-order valence-corrected chi connectivity index (χ4v) is 0.783. The van der Waals surface area contributed by atoms with Crippen LogP contribution in [-0.2, 0) is 14.3 Å². The fraction of sp³-hybridized carbons (Fsp3) is 0.500. The molecule has 3 nitrogen and oxygen atoms in total. The second-order valence-corrected chi connectivity index (χ2v) is 3.44. The normalized spacial score (nSPS) is 13.7. The Balaban J connectivity index is 5.70. The van der Waals surface area contributed by atoms with E-state index in [0.717, 1.165) is 0 Å². The third-order valence-corrected chi connectivity index (χ3v) is 1.79. The minimum atomic E-state index is -6.94. The zero-order valence-corrected chi connectivity index (χ0v) is 9.76. The molecule has 0 atom stereocenters. The van der Waals surface area contributed by atoms with Gasteiger partial charge in [0.05, 0.1) is 0 Å². The van der Waals surface area contributed by atoms with Crippen LogP contribution < -0.4 is 0 Å². The van der Waals surface area contributed by atoms with Crippen molar-refractivity contribution in [1.29, 1.82) is 0 Å². The van der Waals surface area contributed by atoms with Crippen molar-refractivity contribution >= 4 is 11.6 Å². The Labute approximate surface area is 116 Å². The Morgan fingerprint density at radius 2 is 1.09 bits per heavy atom. The van der Waals surface area contributed by atoms with E-state index in [-0.39, 0.29) is 0 Å². The molecule has 0 aromatic heterocycles. The van der Waals surface area contributed by atoms with Gasteiger partial charge in [-0.3, -0.25) is 9.59 Å². The first-order chi connectivity index (χ1) is 9.88. The van der Waals surface area contributed by atoms with E-state index in [1.807, 2.05) is 0 Å². The Kier molecular flexibility index (Phi) is 5.54. The van der Waals surface area contributed by atoms with Gasteiger partial charge >= 0.3 is 36.2 Å². The predicted molar refractivity (Wildman–Crippen MR) is 42.3 cm³/mol. The summed E-state index contributed by atoms with van der Waals surface area (Å²) in [5, 5.41) is 0. The molecule has 0 aromatic carbocycles.